The molecule has 5 heteroatoms. The van der Waals surface area contributed by atoms with Gasteiger partial charge in [-0.15, -0.1) is 0 Å². The van der Waals surface area contributed by atoms with Gasteiger partial charge in [0, 0.05) is 12.7 Å². The summed E-state index contributed by atoms with van der Waals surface area (Å²) in [6.45, 7) is 1.53. The van der Waals surface area contributed by atoms with Crippen LogP contribution < -0.4 is 0 Å². The van der Waals surface area contributed by atoms with E-state index in [9.17, 15) is 9.90 Å². The first-order chi connectivity index (χ1) is 9.74. The molecule has 1 atom stereocenters. The Kier molecular flexibility index (Phi) is 4.05. The van der Waals surface area contributed by atoms with Crippen molar-refractivity contribution in [1.29, 1.82) is 0 Å². The second-order valence-electron chi connectivity index (χ2n) is 6.05. The monoisotopic (exact) mass is 277 g/mol. The van der Waals surface area contributed by atoms with E-state index < -0.39 is 5.97 Å². The predicted molar refractivity (Wildman–Crippen MR) is 75.4 cm³/mol. The topological polar surface area (TPSA) is 58.4 Å². The van der Waals surface area contributed by atoms with Crippen molar-refractivity contribution in [3.05, 3.63) is 18.0 Å². The average Bonchev–Trinajstić information content (AvgIpc) is 3.09. The molecule has 1 saturated carbocycles. The highest BCUT2D eigenvalue weighted by Gasteiger charge is 2.29. The Labute approximate surface area is 119 Å². The predicted octanol–water partition coefficient (Wildman–Crippen LogP) is 2.44. The van der Waals surface area contributed by atoms with Gasteiger partial charge < -0.3 is 5.11 Å². The maximum atomic E-state index is 11.3. The van der Waals surface area contributed by atoms with Gasteiger partial charge in [-0.2, -0.15) is 5.10 Å². The number of hydrogen-bond acceptors (Lipinski definition) is 3. The Bertz CT molecular complexity index is 465. The molecule has 5 nitrogen and oxygen atoms in total. The van der Waals surface area contributed by atoms with Crippen LogP contribution in [0.4, 0.5) is 0 Å². The average molecular weight is 277 g/mol. The summed E-state index contributed by atoms with van der Waals surface area (Å²) in [5.74, 6) is -0.695. The minimum atomic E-state index is -0.695. The summed E-state index contributed by atoms with van der Waals surface area (Å²) in [4.78, 5) is 13.4. The van der Waals surface area contributed by atoms with Crippen molar-refractivity contribution in [3.8, 4) is 0 Å². The highest BCUT2D eigenvalue weighted by atomic mass is 16.4. The molecule has 0 amide bonds. The summed E-state index contributed by atoms with van der Waals surface area (Å²) < 4.78 is 2.09. The van der Waals surface area contributed by atoms with Crippen LogP contribution in [0.15, 0.2) is 12.3 Å². The zero-order valence-electron chi connectivity index (χ0n) is 11.9. The molecule has 110 valence electrons. The van der Waals surface area contributed by atoms with Crippen LogP contribution in [-0.2, 0) is 11.3 Å². The first-order valence-corrected chi connectivity index (χ1v) is 7.75. The number of piperidine rings is 1. The van der Waals surface area contributed by atoms with E-state index in [0.717, 1.165) is 31.5 Å². The van der Waals surface area contributed by atoms with Crippen molar-refractivity contribution >= 4 is 5.97 Å². The van der Waals surface area contributed by atoms with Gasteiger partial charge in [-0.05, 0) is 38.3 Å². The summed E-state index contributed by atoms with van der Waals surface area (Å²) in [5, 5.41) is 14.0. The molecule has 1 N–H and O–H groups in total. The zero-order valence-corrected chi connectivity index (χ0v) is 11.9. The molecule has 20 heavy (non-hydrogen) atoms. The van der Waals surface area contributed by atoms with E-state index in [4.69, 9.17) is 0 Å². The molecule has 2 fully saturated rings. The Morgan fingerprint density at radius 1 is 1.25 bits per heavy atom. The minimum Gasteiger partial charge on any atom is -0.480 e. The van der Waals surface area contributed by atoms with Gasteiger partial charge in [-0.1, -0.05) is 19.3 Å². The molecule has 0 aromatic carbocycles. The third-order valence-electron chi connectivity index (χ3n) is 4.63. The fraction of sp³-hybridized carbons (Fsp3) is 0.733. The van der Waals surface area contributed by atoms with Crippen LogP contribution in [0.2, 0.25) is 0 Å². The first-order valence-electron chi connectivity index (χ1n) is 7.75. The smallest absolute Gasteiger partial charge is 0.320 e. The van der Waals surface area contributed by atoms with Crippen molar-refractivity contribution in [2.45, 2.75) is 63.6 Å². The van der Waals surface area contributed by atoms with E-state index in [1.165, 1.54) is 25.7 Å². The lowest BCUT2D eigenvalue weighted by molar-refractivity contribution is -0.144. The molecule has 0 spiro atoms. The van der Waals surface area contributed by atoms with Crippen LogP contribution in [0.5, 0.6) is 0 Å². The Morgan fingerprint density at radius 3 is 2.75 bits per heavy atom. The second kappa shape index (κ2) is 5.95. The van der Waals surface area contributed by atoms with Gasteiger partial charge in [0.2, 0.25) is 0 Å². The summed E-state index contributed by atoms with van der Waals surface area (Å²) in [5.41, 5.74) is 1.00. The normalized spacial score (nSPS) is 25.1. The number of hydrogen-bond donors (Lipinski definition) is 1. The minimum absolute atomic E-state index is 0.333. The number of rotatable bonds is 4. The standard InChI is InChI=1S/C15H23N3O2/c19-15(20)14-7-3-4-9-17(14)11-12-8-10-18(16-12)13-5-1-2-6-13/h8,10,13-14H,1-7,9,11H2,(H,19,20). The fourth-order valence-electron chi connectivity index (χ4n) is 3.50. The van der Waals surface area contributed by atoms with Crippen molar-refractivity contribution < 1.29 is 9.90 Å². The highest BCUT2D eigenvalue weighted by molar-refractivity contribution is 5.73. The number of aromatic nitrogens is 2. The molecule has 1 aromatic rings. The van der Waals surface area contributed by atoms with Gasteiger partial charge >= 0.3 is 5.97 Å². The Hall–Kier alpha value is -1.36. The Morgan fingerprint density at radius 2 is 2.00 bits per heavy atom. The molecule has 2 heterocycles. The fourth-order valence-corrected chi connectivity index (χ4v) is 3.50. The van der Waals surface area contributed by atoms with Gasteiger partial charge in [-0.25, -0.2) is 0 Å². The van der Waals surface area contributed by atoms with Gasteiger partial charge in [0.15, 0.2) is 0 Å². The number of carboxylic acids is 1. The van der Waals surface area contributed by atoms with Crippen molar-refractivity contribution in [2.24, 2.45) is 0 Å². The number of aliphatic carboxylic acids is 1. The number of nitrogens with zero attached hydrogens (tertiary/aromatic N) is 3. The van der Waals surface area contributed by atoms with E-state index in [0.29, 0.717) is 12.6 Å². The lowest BCUT2D eigenvalue weighted by Gasteiger charge is -2.32. The van der Waals surface area contributed by atoms with Gasteiger partial charge in [0.1, 0.15) is 6.04 Å². The van der Waals surface area contributed by atoms with Gasteiger partial charge in [0.05, 0.1) is 11.7 Å². The summed E-state index contributed by atoms with van der Waals surface area (Å²) in [7, 11) is 0. The molecular weight excluding hydrogens is 254 g/mol. The lowest BCUT2D eigenvalue weighted by Crippen LogP contribution is -2.44. The summed E-state index contributed by atoms with van der Waals surface area (Å²) >= 11 is 0. The van der Waals surface area contributed by atoms with E-state index in [1.54, 1.807) is 0 Å². The maximum absolute atomic E-state index is 11.3. The van der Waals surface area contributed by atoms with Crippen molar-refractivity contribution in [2.75, 3.05) is 6.54 Å². The van der Waals surface area contributed by atoms with Crippen LogP contribution in [0.3, 0.4) is 0 Å². The highest BCUT2D eigenvalue weighted by Crippen LogP contribution is 2.29. The van der Waals surface area contributed by atoms with Gasteiger partial charge in [0.25, 0.3) is 0 Å². The molecule has 0 bridgehead atoms. The van der Waals surface area contributed by atoms with Crippen LogP contribution in [-0.4, -0.2) is 38.3 Å². The molecule has 1 unspecified atom stereocenters. The van der Waals surface area contributed by atoms with E-state index in [-0.39, 0.29) is 6.04 Å². The van der Waals surface area contributed by atoms with E-state index in [1.807, 2.05) is 6.07 Å². The lowest BCUT2D eigenvalue weighted by atomic mass is 10.0. The zero-order chi connectivity index (χ0) is 13.9. The van der Waals surface area contributed by atoms with Gasteiger partial charge in [-0.3, -0.25) is 14.4 Å². The van der Waals surface area contributed by atoms with Crippen molar-refractivity contribution in [1.82, 2.24) is 14.7 Å². The van der Waals surface area contributed by atoms with E-state index in [2.05, 4.69) is 20.9 Å². The molecule has 3 rings (SSSR count). The maximum Gasteiger partial charge on any atom is 0.320 e. The number of carboxylic acid groups (broad SMARTS) is 1. The first kappa shape index (κ1) is 13.6. The molecule has 1 saturated heterocycles. The van der Waals surface area contributed by atoms with Crippen LogP contribution in [0.25, 0.3) is 0 Å². The SMILES string of the molecule is O=C(O)C1CCCCN1Cc1ccn(C2CCCC2)n1. The van der Waals surface area contributed by atoms with Crippen LogP contribution >= 0.6 is 0 Å². The molecule has 1 aromatic heterocycles. The Balaban J connectivity index is 1.65. The largest absolute Gasteiger partial charge is 0.480 e. The van der Waals surface area contributed by atoms with E-state index >= 15 is 0 Å². The molecule has 0 radical (unpaired) electrons. The number of carbonyl (C=O) groups is 1. The summed E-state index contributed by atoms with van der Waals surface area (Å²) in [6.07, 6.45) is 9.98. The third-order valence-corrected chi connectivity index (χ3v) is 4.63. The quantitative estimate of drug-likeness (QED) is 0.918. The molecule has 1 aliphatic heterocycles. The summed E-state index contributed by atoms with van der Waals surface area (Å²) in [6, 6.07) is 2.27. The third kappa shape index (κ3) is 2.87. The van der Waals surface area contributed by atoms with Crippen LogP contribution in [0.1, 0.15) is 56.7 Å². The van der Waals surface area contributed by atoms with Crippen molar-refractivity contribution in [3.63, 3.8) is 0 Å². The second-order valence-corrected chi connectivity index (χ2v) is 6.05. The molecule has 2 aliphatic rings. The molecular formula is C15H23N3O2. The van der Waals surface area contributed by atoms with Crippen LogP contribution in [0, 0.1) is 0 Å². The molecule has 1 aliphatic carbocycles. The number of likely N-dealkylation sites (tertiary alicyclic amines) is 1.